The average Bonchev–Trinajstić information content (AvgIpc) is 2.96. The number of carbonyl (C=O) groups is 1. The number of allylic oxidation sites excluding steroid dienone is 1. The molecule has 1 aromatic carbocycles. The summed E-state index contributed by atoms with van der Waals surface area (Å²) in [6.45, 7) is 6.11. The fourth-order valence-corrected chi connectivity index (χ4v) is 2.00. The van der Waals surface area contributed by atoms with Crippen molar-refractivity contribution in [2.45, 2.75) is 20.3 Å². The van der Waals surface area contributed by atoms with Gasteiger partial charge in [0.05, 0.1) is 7.11 Å². The van der Waals surface area contributed by atoms with Crippen molar-refractivity contribution in [3.63, 3.8) is 0 Å². The molecule has 1 saturated heterocycles. The van der Waals surface area contributed by atoms with Gasteiger partial charge >= 0.3 is 0 Å². The molecule has 4 nitrogen and oxygen atoms in total. The van der Waals surface area contributed by atoms with Gasteiger partial charge in [-0.15, -0.1) is 0 Å². The molecule has 1 heterocycles. The van der Waals surface area contributed by atoms with E-state index in [1.807, 2.05) is 38.1 Å². The van der Waals surface area contributed by atoms with Crippen LogP contribution in [-0.4, -0.2) is 45.1 Å². The van der Waals surface area contributed by atoms with Crippen molar-refractivity contribution in [2.24, 2.45) is 5.92 Å². The van der Waals surface area contributed by atoms with Crippen molar-refractivity contribution >= 4 is 5.78 Å². The first-order valence-electron chi connectivity index (χ1n) is 7.55. The quantitative estimate of drug-likeness (QED) is 0.632. The summed E-state index contributed by atoms with van der Waals surface area (Å²) in [5, 5.41) is 0. The van der Waals surface area contributed by atoms with Gasteiger partial charge in [-0.2, -0.15) is 0 Å². The molecule has 1 aliphatic heterocycles. The predicted molar refractivity (Wildman–Crippen MR) is 89.5 cm³/mol. The van der Waals surface area contributed by atoms with Crippen LogP contribution < -0.4 is 4.74 Å². The van der Waals surface area contributed by atoms with Crippen molar-refractivity contribution in [1.82, 2.24) is 4.90 Å². The van der Waals surface area contributed by atoms with Gasteiger partial charge in [-0.3, -0.25) is 4.79 Å². The van der Waals surface area contributed by atoms with E-state index in [1.54, 1.807) is 25.5 Å². The van der Waals surface area contributed by atoms with Crippen LogP contribution in [0.1, 0.15) is 29.3 Å². The van der Waals surface area contributed by atoms with E-state index in [1.165, 1.54) is 6.42 Å². The van der Waals surface area contributed by atoms with E-state index in [4.69, 9.17) is 9.47 Å². The van der Waals surface area contributed by atoms with Crippen molar-refractivity contribution in [3.8, 4) is 5.75 Å². The molecule has 0 bridgehead atoms. The fraction of sp³-hybridized carbons (Fsp3) is 0.500. The number of aryl methyl sites for hydroxylation is 1. The van der Waals surface area contributed by atoms with E-state index in [0.29, 0.717) is 5.56 Å². The second-order valence-electron chi connectivity index (χ2n) is 5.80. The smallest absolute Gasteiger partial charge is 0.187 e. The summed E-state index contributed by atoms with van der Waals surface area (Å²) >= 11 is 0. The summed E-state index contributed by atoms with van der Waals surface area (Å²) in [5.74, 6) is 1.62. The molecule has 0 radical (unpaired) electrons. The normalized spacial score (nSPS) is 17.0. The van der Waals surface area contributed by atoms with Gasteiger partial charge in [0.15, 0.2) is 5.78 Å². The van der Waals surface area contributed by atoms with Crippen LogP contribution in [0.5, 0.6) is 5.75 Å². The number of hydrogen-bond acceptors (Lipinski definition) is 4. The minimum atomic E-state index is -0.000506. The van der Waals surface area contributed by atoms with Gasteiger partial charge in [0.25, 0.3) is 0 Å². The molecule has 1 atom stereocenters. The Hall–Kier alpha value is -1.81. The Morgan fingerprint density at radius 1 is 1.41 bits per heavy atom. The third-order valence-corrected chi connectivity index (χ3v) is 3.36. The molecule has 0 aromatic heterocycles. The highest BCUT2D eigenvalue weighted by atomic mass is 16.5. The molecule has 1 unspecified atom stereocenters. The number of ether oxygens (including phenoxy) is 2. The Labute approximate surface area is 133 Å². The summed E-state index contributed by atoms with van der Waals surface area (Å²) < 4.78 is 10.2. The van der Waals surface area contributed by atoms with Crippen LogP contribution in [0.3, 0.4) is 0 Å². The van der Waals surface area contributed by atoms with Crippen LogP contribution in [0.15, 0.2) is 30.5 Å². The SMILES string of the molecule is CC1CCOC1.COc1ccc(C(=O)/C=C/N(C)C)cc1C. The van der Waals surface area contributed by atoms with Gasteiger partial charge in [0, 0.05) is 45.1 Å². The van der Waals surface area contributed by atoms with Crippen molar-refractivity contribution in [2.75, 3.05) is 34.4 Å². The lowest BCUT2D eigenvalue weighted by Gasteiger charge is -2.06. The average molecular weight is 305 g/mol. The van der Waals surface area contributed by atoms with Crippen LogP contribution in [0, 0.1) is 12.8 Å². The molecule has 0 saturated carbocycles. The van der Waals surface area contributed by atoms with E-state index < -0.39 is 0 Å². The number of rotatable bonds is 4. The minimum Gasteiger partial charge on any atom is -0.496 e. The molecule has 1 aliphatic rings. The summed E-state index contributed by atoms with van der Waals surface area (Å²) in [6.07, 6.45) is 4.56. The second-order valence-corrected chi connectivity index (χ2v) is 5.80. The lowest BCUT2D eigenvalue weighted by Crippen LogP contribution is -2.03. The summed E-state index contributed by atoms with van der Waals surface area (Å²) in [6, 6.07) is 5.42. The molecule has 1 aromatic rings. The molecule has 22 heavy (non-hydrogen) atoms. The van der Waals surface area contributed by atoms with E-state index >= 15 is 0 Å². The zero-order valence-corrected chi connectivity index (χ0v) is 14.3. The first-order chi connectivity index (χ1) is 10.4. The predicted octanol–water partition coefficient (Wildman–Crippen LogP) is 3.30. The molecule has 0 aliphatic carbocycles. The Bertz CT molecular complexity index is 503. The zero-order valence-electron chi connectivity index (χ0n) is 14.3. The van der Waals surface area contributed by atoms with Gasteiger partial charge in [-0.05, 0) is 43.0 Å². The highest BCUT2D eigenvalue weighted by molar-refractivity contribution is 6.04. The topological polar surface area (TPSA) is 38.8 Å². The van der Waals surface area contributed by atoms with Crippen LogP contribution in [0.25, 0.3) is 0 Å². The van der Waals surface area contributed by atoms with E-state index in [2.05, 4.69) is 6.92 Å². The molecular weight excluding hydrogens is 278 g/mol. The number of nitrogens with zero attached hydrogens (tertiary/aromatic N) is 1. The monoisotopic (exact) mass is 305 g/mol. The summed E-state index contributed by atoms with van der Waals surface area (Å²) in [7, 11) is 5.38. The number of hydrogen-bond donors (Lipinski definition) is 0. The fourth-order valence-electron chi connectivity index (χ4n) is 2.00. The first kappa shape index (κ1) is 18.2. The summed E-state index contributed by atoms with van der Waals surface area (Å²) in [4.78, 5) is 13.6. The van der Waals surface area contributed by atoms with Crippen molar-refractivity contribution in [1.29, 1.82) is 0 Å². The van der Waals surface area contributed by atoms with Gasteiger partial charge < -0.3 is 14.4 Å². The molecule has 2 rings (SSSR count). The van der Waals surface area contributed by atoms with E-state index in [-0.39, 0.29) is 5.78 Å². The Balaban J connectivity index is 0.000000335. The van der Waals surface area contributed by atoms with Gasteiger partial charge in [0.1, 0.15) is 5.75 Å². The molecular formula is C18H27NO3. The standard InChI is InChI=1S/C13H17NO2.C5H10O/c1-10-9-11(5-6-13(10)16-4)12(15)7-8-14(2)3;1-5-2-3-6-4-5/h5-9H,1-4H3;5H,2-4H2,1H3/b8-7+;. The number of benzene rings is 1. The highest BCUT2D eigenvalue weighted by Crippen LogP contribution is 2.18. The molecule has 0 N–H and O–H groups in total. The maximum atomic E-state index is 11.7. The number of ketones is 1. The van der Waals surface area contributed by atoms with Crippen LogP contribution in [0.2, 0.25) is 0 Å². The van der Waals surface area contributed by atoms with Crippen LogP contribution in [-0.2, 0) is 4.74 Å². The number of carbonyl (C=O) groups excluding carboxylic acids is 1. The molecule has 4 heteroatoms. The summed E-state index contributed by atoms with van der Waals surface area (Å²) in [5.41, 5.74) is 1.64. The molecule has 122 valence electrons. The third-order valence-electron chi connectivity index (χ3n) is 3.36. The van der Waals surface area contributed by atoms with Crippen LogP contribution in [0.4, 0.5) is 0 Å². The maximum Gasteiger partial charge on any atom is 0.187 e. The lowest BCUT2D eigenvalue weighted by atomic mass is 10.1. The largest absolute Gasteiger partial charge is 0.496 e. The van der Waals surface area contributed by atoms with Gasteiger partial charge in [-0.1, -0.05) is 6.92 Å². The van der Waals surface area contributed by atoms with E-state index in [9.17, 15) is 4.79 Å². The van der Waals surface area contributed by atoms with Gasteiger partial charge in [-0.25, -0.2) is 0 Å². The molecule has 0 amide bonds. The number of methoxy groups -OCH3 is 1. The maximum absolute atomic E-state index is 11.7. The molecule has 1 fully saturated rings. The Kier molecular flexibility index (Phi) is 7.67. The molecule has 0 spiro atoms. The lowest BCUT2D eigenvalue weighted by molar-refractivity contribution is 0.104. The zero-order chi connectivity index (χ0) is 16.5. The van der Waals surface area contributed by atoms with Crippen molar-refractivity contribution in [3.05, 3.63) is 41.6 Å². The van der Waals surface area contributed by atoms with Crippen LogP contribution >= 0.6 is 0 Å². The minimum absolute atomic E-state index is 0.000506. The second kappa shape index (κ2) is 9.26. The van der Waals surface area contributed by atoms with Crippen molar-refractivity contribution < 1.29 is 14.3 Å². The van der Waals surface area contributed by atoms with E-state index in [0.717, 1.165) is 30.4 Å². The Morgan fingerprint density at radius 3 is 2.55 bits per heavy atom. The first-order valence-corrected chi connectivity index (χ1v) is 7.55. The third kappa shape index (κ3) is 6.31. The highest BCUT2D eigenvalue weighted by Gasteiger charge is 2.07. The van der Waals surface area contributed by atoms with Gasteiger partial charge in [0.2, 0.25) is 0 Å². The Morgan fingerprint density at radius 2 is 2.14 bits per heavy atom.